The summed E-state index contributed by atoms with van der Waals surface area (Å²) in [6, 6.07) is 4.03. The van der Waals surface area contributed by atoms with E-state index in [0.717, 1.165) is 12.8 Å². The summed E-state index contributed by atoms with van der Waals surface area (Å²) in [7, 11) is 0. The van der Waals surface area contributed by atoms with Gasteiger partial charge in [-0.3, -0.25) is 4.79 Å². The fourth-order valence-corrected chi connectivity index (χ4v) is 2.33. The lowest BCUT2D eigenvalue weighted by molar-refractivity contribution is 0.0710. The Bertz CT molecular complexity index is 426. The first-order valence-electron chi connectivity index (χ1n) is 5.96. The molecular weight excluding hydrogens is 257 g/mol. The van der Waals surface area contributed by atoms with E-state index in [4.69, 9.17) is 16.3 Å². The molecule has 2 rings (SSSR count). The van der Waals surface area contributed by atoms with Crippen LogP contribution in [-0.4, -0.2) is 24.7 Å². The average molecular weight is 272 g/mol. The van der Waals surface area contributed by atoms with Gasteiger partial charge in [-0.05, 0) is 31.9 Å². The van der Waals surface area contributed by atoms with E-state index in [1.807, 2.05) is 6.92 Å². The fraction of sp³-hybridized carbons (Fsp3) is 0.462. The summed E-state index contributed by atoms with van der Waals surface area (Å²) in [5.74, 6) is -1.11. The SMILES string of the molecule is C[C@H](NC(=O)c1c(F)cccc1Cl)[C@@H]1CCCO1. The standard InChI is InChI=1S/C13H15ClFNO2/c1-8(11-6-3-7-18-11)16-13(17)12-9(14)4-2-5-10(12)15/h2,4-5,8,11H,3,6-7H2,1H3,(H,16,17)/t8-,11-/m0/s1. The van der Waals surface area contributed by atoms with Gasteiger partial charge in [0.2, 0.25) is 0 Å². The molecule has 5 heteroatoms. The van der Waals surface area contributed by atoms with Crippen molar-refractivity contribution >= 4 is 17.5 Å². The van der Waals surface area contributed by atoms with Crippen LogP contribution in [0.25, 0.3) is 0 Å². The van der Waals surface area contributed by atoms with Crippen LogP contribution in [0.15, 0.2) is 18.2 Å². The lowest BCUT2D eigenvalue weighted by atomic mass is 10.1. The molecule has 0 aromatic heterocycles. The highest BCUT2D eigenvalue weighted by atomic mass is 35.5. The van der Waals surface area contributed by atoms with Crippen molar-refractivity contribution in [3.8, 4) is 0 Å². The predicted molar refractivity (Wildman–Crippen MR) is 67.3 cm³/mol. The minimum absolute atomic E-state index is 0.000464. The van der Waals surface area contributed by atoms with Gasteiger partial charge in [0.15, 0.2) is 0 Å². The maximum Gasteiger partial charge on any atom is 0.256 e. The van der Waals surface area contributed by atoms with E-state index in [2.05, 4.69) is 5.32 Å². The Hall–Kier alpha value is -1.13. The summed E-state index contributed by atoms with van der Waals surface area (Å²) in [5, 5.41) is 2.85. The molecule has 1 aromatic rings. The first-order valence-corrected chi connectivity index (χ1v) is 6.34. The van der Waals surface area contributed by atoms with Crippen molar-refractivity contribution in [1.29, 1.82) is 0 Å². The first-order chi connectivity index (χ1) is 8.59. The second-order valence-corrected chi connectivity index (χ2v) is 4.82. The molecule has 1 aliphatic heterocycles. The molecular formula is C13H15ClFNO2. The number of halogens is 2. The van der Waals surface area contributed by atoms with Crippen LogP contribution in [-0.2, 0) is 4.74 Å². The zero-order valence-corrected chi connectivity index (χ0v) is 10.8. The van der Waals surface area contributed by atoms with Gasteiger partial charge >= 0.3 is 0 Å². The maximum atomic E-state index is 13.6. The van der Waals surface area contributed by atoms with Crippen LogP contribution in [0.1, 0.15) is 30.1 Å². The third kappa shape index (κ3) is 2.82. The van der Waals surface area contributed by atoms with Gasteiger partial charge < -0.3 is 10.1 Å². The van der Waals surface area contributed by atoms with E-state index < -0.39 is 11.7 Å². The third-order valence-corrected chi connectivity index (χ3v) is 3.39. The number of benzene rings is 1. The van der Waals surface area contributed by atoms with Gasteiger partial charge in [-0.15, -0.1) is 0 Å². The summed E-state index contributed by atoms with van der Waals surface area (Å²) < 4.78 is 19.0. The van der Waals surface area contributed by atoms with Crippen molar-refractivity contribution in [2.75, 3.05) is 6.61 Å². The number of rotatable bonds is 3. The quantitative estimate of drug-likeness (QED) is 0.918. The topological polar surface area (TPSA) is 38.3 Å². The van der Waals surface area contributed by atoms with Crippen LogP contribution in [0.2, 0.25) is 5.02 Å². The summed E-state index contributed by atoms with van der Waals surface area (Å²) in [6.07, 6.45) is 1.90. The third-order valence-electron chi connectivity index (χ3n) is 3.07. The molecule has 1 amide bonds. The largest absolute Gasteiger partial charge is 0.376 e. The van der Waals surface area contributed by atoms with Gasteiger partial charge in [0.25, 0.3) is 5.91 Å². The molecule has 1 aliphatic rings. The zero-order chi connectivity index (χ0) is 13.1. The predicted octanol–water partition coefficient (Wildman–Crippen LogP) is 2.78. The van der Waals surface area contributed by atoms with Gasteiger partial charge in [-0.2, -0.15) is 0 Å². The van der Waals surface area contributed by atoms with Gasteiger partial charge in [0.1, 0.15) is 5.82 Å². The molecule has 1 fully saturated rings. The average Bonchev–Trinajstić information content (AvgIpc) is 2.81. The van der Waals surface area contributed by atoms with Crippen molar-refractivity contribution in [3.63, 3.8) is 0 Å². The van der Waals surface area contributed by atoms with Crippen LogP contribution in [0.5, 0.6) is 0 Å². The number of ether oxygens (including phenoxy) is 1. The lowest BCUT2D eigenvalue weighted by Crippen LogP contribution is -2.41. The van der Waals surface area contributed by atoms with Gasteiger partial charge in [0.05, 0.1) is 22.7 Å². The van der Waals surface area contributed by atoms with Gasteiger partial charge in [-0.25, -0.2) is 4.39 Å². The molecule has 1 aromatic carbocycles. The van der Waals surface area contributed by atoms with Crippen LogP contribution in [0, 0.1) is 5.82 Å². The first kappa shape index (κ1) is 13.3. The molecule has 0 unspecified atom stereocenters. The van der Waals surface area contributed by atoms with E-state index in [9.17, 15) is 9.18 Å². The molecule has 98 valence electrons. The smallest absolute Gasteiger partial charge is 0.256 e. The molecule has 1 saturated heterocycles. The number of hydrogen-bond acceptors (Lipinski definition) is 2. The van der Waals surface area contributed by atoms with E-state index in [1.165, 1.54) is 18.2 Å². The molecule has 0 aliphatic carbocycles. The van der Waals surface area contributed by atoms with E-state index >= 15 is 0 Å². The normalized spacial score (nSPS) is 20.7. The summed E-state index contributed by atoms with van der Waals surface area (Å²) in [6.45, 7) is 2.56. The highest BCUT2D eigenvalue weighted by molar-refractivity contribution is 6.33. The van der Waals surface area contributed by atoms with Crippen molar-refractivity contribution in [3.05, 3.63) is 34.6 Å². The zero-order valence-electron chi connectivity index (χ0n) is 10.1. The molecule has 18 heavy (non-hydrogen) atoms. The van der Waals surface area contributed by atoms with Crippen molar-refractivity contribution in [1.82, 2.24) is 5.32 Å². The van der Waals surface area contributed by atoms with Crippen LogP contribution < -0.4 is 5.32 Å². The molecule has 0 spiro atoms. The van der Waals surface area contributed by atoms with Gasteiger partial charge in [0, 0.05) is 6.61 Å². The van der Waals surface area contributed by atoms with E-state index in [1.54, 1.807) is 0 Å². The van der Waals surface area contributed by atoms with Crippen molar-refractivity contribution < 1.29 is 13.9 Å². The van der Waals surface area contributed by atoms with Crippen LogP contribution in [0.4, 0.5) is 4.39 Å². The monoisotopic (exact) mass is 271 g/mol. The Kier molecular flexibility index (Phi) is 4.19. The second-order valence-electron chi connectivity index (χ2n) is 4.41. The number of nitrogens with one attached hydrogen (secondary N) is 1. The molecule has 1 heterocycles. The Morgan fingerprint density at radius 3 is 3.00 bits per heavy atom. The molecule has 1 N–H and O–H groups in total. The van der Waals surface area contributed by atoms with Crippen LogP contribution >= 0.6 is 11.6 Å². The van der Waals surface area contributed by atoms with Crippen molar-refractivity contribution in [2.45, 2.75) is 31.9 Å². The lowest BCUT2D eigenvalue weighted by Gasteiger charge is -2.20. The number of carbonyl (C=O) groups is 1. The molecule has 0 radical (unpaired) electrons. The van der Waals surface area contributed by atoms with Crippen molar-refractivity contribution in [2.24, 2.45) is 0 Å². The molecule has 0 saturated carbocycles. The Morgan fingerprint density at radius 1 is 1.61 bits per heavy atom. The van der Waals surface area contributed by atoms with E-state index in [-0.39, 0.29) is 22.7 Å². The highest BCUT2D eigenvalue weighted by Gasteiger charge is 2.25. The van der Waals surface area contributed by atoms with Crippen LogP contribution in [0.3, 0.4) is 0 Å². The summed E-state index contributed by atoms with van der Waals surface area (Å²) in [5.41, 5.74) is -0.107. The summed E-state index contributed by atoms with van der Waals surface area (Å²) >= 11 is 5.84. The maximum absolute atomic E-state index is 13.6. The number of hydrogen-bond donors (Lipinski definition) is 1. The Morgan fingerprint density at radius 2 is 2.39 bits per heavy atom. The highest BCUT2D eigenvalue weighted by Crippen LogP contribution is 2.20. The number of amides is 1. The Labute approximate surface area is 110 Å². The minimum Gasteiger partial charge on any atom is -0.376 e. The fourth-order valence-electron chi connectivity index (χ4n) is 2.08. The number of carbonyl (C=O) groups excluding carboxylic acids is 1. The molecule has 3 nitrogen and oxygen atoms in total. The molecule has 0 bridgehead atoms. The van der Waals surface area contributed by atoms with E-state index in [0.29, 0.717) is 6.61 Å². The second kappa shape index (κ2) is 5.67. The minimum atomic E-state index is -0.612. The Balaban J connectivity index is 2.07. The molecule has 2 atom stereocenters. The van der Waals surface area contributed by atoms with Gasteiger partial charge in [-0.1, -0.05) is 17.7 Å². The summed E-state index contributed by atoms with van der Waals surface area (Å²) in [4.78, 5) is 12.0.